The number of nitrogens with zero attached hydrogens (tertiary/aromatic N) is 3. The summed E-state index contributed by atoms with van der Waals surface area (Å²) in [6.07, 6.45) is 0.0591. The van der Waals surface area contributed by atoms with Gasteiger partial charge in [0.2, 0.25) is 0 Å². The average molecular weight is 482 g/mol. The third-order valence-electron chi connectivity index (χ3n) is 7.17. The lowest BCUT2D eigenvalue weighted by Gasteiger charge is -2.31. The number of pyridine rings is 2. The second kappa shape index (κ2) is 8.42. The summed E-state index contributed by atoms with van der Waals surface area (Å²) in [4.78, 5) is 32.7. The van der Waals surface area contributed by atoms with Crippen molar-refractivity contribution in [1.29, 1.82) is 0 Å². The third kappa shape index (κ3) is 3.52. The number of aliphatic hydroxyl groups is 1. The number of hydrogen-bond acceptors (Lipinski definition) is 7. The minimum Gasteiger partial charge on any atom is -0.491 e. The van der Waals surface area contributed by atoms with Gasteiger partial charge in [0.15, 0.2) is 5.60 Å². The molecule has 184 valence electrons. The van der Waals surface area contributed by atoms with Gasteiger partial charge >= 0.3 is 5.97 Å². The number of hydrogen-bond donors (Lipinski definition) is 1. The van der Waals surface area contributed by atoms with E-state index in [2.05, 4.69) is 11.8 Å². The summed E-state index contributed by atoms with van der Waals surface area (Å²) in [5.74, 6) is -0.592. The molecular weight excluding hydrogens is 453 g/mol. The number of cyclic esters (lactones) is 1. The molecule has 1 atom stereocenters. The van der Waals surface area contributed by atoms with Gasteiger partial charge in [-0.2, -0.15) is 0 Å². The topological polar surface area (TPSA) is 93.9 Å². The number of ether oxygens (including phenoxy) is 2. The fourth-order valence-corrected chi connectivity index (χ4v) is 4.80. The summed E-state index contributed by atoms with van der Waals surface area (Å²) in [7, 11) is 2.00. The van der Waals surface area contributed by atoms with Gasteiger partial charge in [-0.25, -0.2) is 14.2 Å². The van der Waals surface area contributed by atoms with Gasteiger partial charge in [-0.1, -0.05) is 13.8 Å². The molecule has 0 spiro atoms. The van der Waals surface area contributed by atoms with Crippen LogP contribution >= 0.6 is 0 Å². The number of aromatic nitrogens is 2. The van der Waals surface area contributed by atoms with E-state index in [4.69, 9.17) is 14.5 Å². The van der Waals surface area contributed by atoms with Crippen LogP contribution in [-0.2, 0) is 28.3 Å². The maximum absolute atomic E-state index is 14.5. The lowest BCUT2D eigenvalue weighted by Crippen LogP contribution is -2.44. The Labute approximate surface area is 201 Å². The van der Waals surface area contributed by atoms with E-state index in [0.29, 0.717) is 46.8 Å². The van der Waals surface area contributed by atoms with Gasteiger partial charge < -0.3 is 24.0 Å². The lowest BCUT2D eigenvalue weighted by molar-refractivity contribution is -0.172. The van der Waals surface area contributed by atoms with Gasteiger partial charge in [0.1, 0.15) is 24.8 Å². The monoisotopic (exact) mass is 481 g/mol. The largest absolute Gasteiger partial charge is 0.491 e. The molecule has 0 bridgehead atoms. The van der Waals surface area contributed by atoms with Crippen LogP contribution in [0.4, 0.5) is 4.39 Å². The van der Waals surface area contributed by atoms with Gasteiger partial charge in [-0.05, 0) is 44.6 Å². The number of carbonyl (C=O) groups is 1. The lowest BCUT2D eigenvalue weighted by atomic mass is 9.86. The molecule has 0 amide bonds. The molecule has 0 aliphatic carbocycles. The first-order chi connectivity index (χ1) is 16.7. The fourth-order valence-electron chi connectivity index (χ4n) is 4.80. The van der Waals surface area contributed by atoms with Crippen molar-refractivity contribution in [2.45, 2.75) is 45.9 Å². The quantitative estimate of drug-likeness (QED) is 0.423. The summed E-state index contributed by atoms with van der Waals surface area (Å²) in [5, 5.41) is 11.7. The minimum absolute atomic E-state index is 0.0591. The predicted molar refractivity (Wildman–Crippen MR) is 128 cm³/mol. The normalized spacial score (nSPS) is 18.4. The minimum atomic E-state index is -1.91. The number of esters is 1. The number of benzene rings is 1. The Morgan fingerprint density at radius 2 is 2.03 bits per heavy atom. The average Bonchev–Trinajstić information content (AvgIpc) is 3.21. The Bertz CT molecular complexity index is 1430. The molecule has 0 saturated heterocycles. The highest BCUT2D eigenvalue weighted by molar-refractivity contribution is 5.92. The van der Waals surface area contributed by atoms with Crippen LogP contribution in [0.3, 0.4) is 0 Å². The molecule has 8 nitrogen and oxygen atoms in total. The van der Waals surface area contributed by atoms with Gasteiger partial charge in [-0.3, -0.25) is 4.79 Å². The smallest absolute Gasteiger partial charge is 0.343 e. The van der Waals surface area contributed by atoms with Crippen LogP contribution in [-0.4, -0.2) is 52.3 Å². The van der Waals surface area contributed by atoms with Crippen molar-refractivity contribution < 1.29 is 23.8 Å². The van der Waals surface area contributed by atoms with Crippen LogP contribution in [0.25, 0.3) is 22.3 Å². The SMILES string of the molecule is CCN(C)CCOc1c2c(nc3cc(F)c(C)cc13)-c1cc3c(c(=O)n1C2)COC(=O)[C@]3(O)CC. The zero-order valence-electron chi connectivity index (χ0n) is 20.3. The standard InChI is InChI=1S/C26H28FN3O5/c1-5-26(33)18-10-21-22-16(12-30(21)24(31)17(18)13-35-25(26)32)23(34-8-7-29(4)6-2)15-9-14(3)19(27)11-20(15)28-22/h9-11,33H,5-8,12-13H2,1-4H3/t26-/m0/s1. The summed E-state index contributed by atoms with van der Waals surface area (Å²) in [6.45, 7) is 7.40. The molecule has 0 radical (unpaired) electrons. The number of rotatable bonds is 6. The predicted octanol–water partition coefficient (Wildman–Crippen LogP) is 2.86. The number of likely N-dealkylation sites (N-methyl/N-ethyl adjacent to an activating group) is 1. The molecule has 2 aliphatic rings. The van der Waals surface area contributed by atoms with Crippen molar-refractivity contribution in [1.82, 2.24) is 14.5 Å². The van der Waals surface area contributed by atoms with Crippen LogP contribution in [0.15, 0.2) is 23.0 Å². The second-order valence-corrected chi connectivity index (χ2v) is 9.23. The third-order valence-corrected chi connectivity index (χ3v) is 7.17. The molecule has 9 heteroatoms. The summed E-state index contributed by atoms with van der Waals surface area (Å²) < 4.78 is 27.4. The first-order valence-electron chi connectivity index (χ1n) is 11.8. The first-order valence-corrected chi connectivity index (χ1v) is 11.8. The zero-order valence-corrected chi connectivity index (χ0v) is 20.3. The van der Waals surface area contributed by atoms with E-state index in [-0.39, 0.29) is 42.1 Å². The maximum atomic E-state index is 14.5. The molecule has 0 fully saturated rings. The summed E-state index contributed by atoms with van der Waals surface area (Å²) >= 11 is 0. The van der Waals surface area contributed by atoms with Crippen molar-refractivity contribution in [3.8, 4) is 17.1 Å². The van der Waals surface area contributed by atoms with E-state index in [1.165, 1.54) is 6.07 Å². The van der Waals surface area contributed by atoms with Crippen molar-refractivity contribution in [2.24, 2.45) is 0 Å². The van der Waals surface area contributed by atoms with Crippen molar-refractivity contribution >= 4 is 16.9 Å². The summed E-state index contributed by atoms with van der Waals surface area (Å²) in [5.41, 5.74) is 0.785. The van der Waals surface area contributed by atoms with Crippen LogP contribution in [0, 0.1) is 12.7 Å². The number of fused-ring (bicyclic) bond motifs is 5. The van der Waals surface area contributed by atoms with Gasteiger partial charge in [0.25, 0.3) is 5.56 Å². The highest BCUT2D eigenvalue weighted by atomic mass is 19.1. The number of carbonyl (C=O) groups excluding carboxylic acids is 1. The van der Waals surface area contributed by atoms with Crippen LogP contribution in [0.2, 0.25) is 0 Å². The van der Waals surface area contributed by atoms with E-state index in [0.717, 1.165) is 12.1 Å². The van der Waals surface area contributed by atoms with E-state index in [1.807, 2.05) is 7.05 Å². The molecule has 4 heterocycles. The molecule has 2 aromatic heterocycles. The Kier molecular flexibility index (Phi) is 5.64. The van der Waals surface area contributed by atoms with Crippen molar-refractivity contribution in [3.05, 3.63) is 56.6 Å². The zero-order chi connectivity index (χ0) is 25.1. The van der Waals surface area contributed by atoms with E-state index >= 15 is 0 Å². The van der Waals surface area contributed by atoms with Gasteiger partial charge in [0.05, 0.1) is 29.0 Å². The first kappa shape index (κ1) is 23.4. The van der Waals surface area contributed by atoms with Crippen molar-refractivity contribution in [2.75, 3.05) is 26.7 Å². The highest BCUT2D eigenvalue weighted by Gasteiger charge is 2.45. The Hall–Kier alpha value is -3.30. The van der Waals surface area contributed by atoms with Gasteiger partial charge in [0, 0.05) is 29.1 Å². The molecule has 1 N–H and O–H groups in total. The molecule has 3 aromatic rings. The van der Waals surface area contributed by atoms with Crippen LogP contribution < -0.4 is 10.3 Å². The summed E-state index contributed by atoms with van der Waals surface area (Å²) in [6, 6.07) is 4.73. The number of aryl methyl sites for hydroxylation is 1. The highest BCUT2D eigenvalue weighted by Crippen LogP contribution is 2.43. The molecule has 1 aromatic carbocycles. The molecular formula is C26H28FN3O5. The van der Waals surface area contributed by atoms with Crippen LogP contribution in [0.5, 0.6) is 5.75 Å². The Balaban J connectivity index is 1.72. The van der Waals surface area contributed by atoms with E-state index < -0.39 is 11.6 Å². The van der Waals surface area contributed by atoms with Gasteiger partial charge in [-0.15, -0.1) is 0 Å². The van der Waals surface area contributed by atoms with E-state index in [9.17, 15) is 19.1 Å². The molecule has 35 heavy (non-hydrogen) atoms. The number of halogens is 1. The molecule has 0 saturated carbocycles. The van der Waals surface area contributed by atoms with E-state index in [1.54, 1.807) is 30.5 Å². The Morgan fingerprint density at radius 3 is 2.74 bits per heavy atom. The molecule has 5 rings (SSSR count). The fraction of sp³-hybridized carbons (Fsp3) is 0.423. The van der Waals surface area contributed by atoms with Crippen molar-refractivity contribution in [3.63, 3.8) is 0 Å². The maximum Gasteiger partial charge on any atom is 0.343 e. The molecule has 2 aliphatic heterocycles. The van der Waals surface area contributed by atoms with Crippen LogP contribution in [0.1, 0.15) is 42.5 Å². The molecule has 0 unspecified atom stereocenters. The second-order valence-electron chi connectivity index (χ2n) is 9.23. The Morgan fingerprint density at radius 1 is 1.26 bits per heavy atom.